The summed E-state index contributed by atoms with van der Waals surface area (Å²) in [7, 11) is 3.53. The predicted molar refractivity (Wildman–Crippen MR) is 82.9 cm³/mol. The largest absolute Gasteiger partial charge is 0.384 e. The summed E-state index contributed by atoms with van der Waals surface area (Å²) in [5.74, 6) is 1.79. The molecule has 1 aliphatic carbocycles. The first-order valence-electron chi connectivity index (χ1n) is 8.06. The molecule has 0 N–H and O–H groups in total. The molecule has 3 nitrogen and oxygen atoms in total. The van der Waals surface area contributed by atoms with Gasteiger partial charge < -0.3 is 14.2 Å². The lowest BCUT2D eigenvalue weighted by molar-refractivity contribution is -0.122. The number of methoxy groups -OCH3 is 2. The van der Waals surface area contributed by atoms with Crippen LogP contribution in [0.2, 0.25) is 0 Å². The van der Waals surface area contributed by atoms with E-state index in [0.29, 0.717) is 37.1 Å². The Balaban J connectivity index is 2.68. The van der Waals surface area contributed by atoms with Crippen LogP contribution in [-0.4, -0.2) is 40.1 Å². The van der Waals surface area contributed by atoms with Gasteiger partial charge in [0.1, 0.15) is 0 Å². The Morgan fingerprint density at radius 1 is 0.950 bits per heavy atom. The highest BCUT2D eigenvalue weighted by Crippen LogP contribution is 2.35. The van der Waals surface area contributed by atoms with Crippen molar-refractivity contribution in [1.29, 1.82) is 0 Å². The van der Waals surface area contributed by atoms with E-state index in [1.807, 2.05) is 0 Å². The second-order valence-electron chi connectivity index (χ2n) is 7.04. The van der Waals surface area contributed by atoms with E-state index in [1.165, 1.54) is 19.3 Å². The normalized spacial score (nSPS) is 28.1. The summed E-state index contributed by atoms with van der Waals surface area (Å²) in [5, 5.41) is 0. The molecule has 0 heterocycles. The molecular weight excluding hydrogens is 252 g/mol. The van der Waals surface area contributed by atoms with Crippen LogP contribution in [0.5, 0.6) is 0 Å². The number of hydrogen-bond acceptors (Lipinski definition) is 3. The summed E-state index contributed by atoms with van der Waals surface area (Å²) in [6, 6.07) is 0. The lowest BCUT2D eigenvalue weighted by Gasteiger charge is -2.41. The van der Waals surface area contributed by atoms with Gasteiger partial charge in [-0.1, -0.05) is 34.1 Å². The first-order valence-corrected chi connectivity index (χ1v) is 8.06. The van der Waals surface area contributed by atoms with E-state index in [9.17, 15) is 0 Å². The third-order valence-corrected chi connectivity index (χ3v) is 5.09. The third kappa shape index (κ3) is 4.44. The third-order valence-electron chi connectivity index (χ3n) is 5.09. The van der Waals surface area contributed by atoms with Crippen molar-refractivity contribution in [3.8, 4) is 0 Å². The van der Waals surface area contributed by atoms with Crippen molar-refractivity contribution in [1.82, 2.24) is 0 Å². The standard InChI is InChI=1S/C17H34O3/c1-13(2)17(10-18-5,11-19-6)12-20-16-14(3)8-7-9-15(16)4/h13-16H,7-12H2,1-6H3. The predicted octanol–water partition coefficient (Wildman–Crippen LogP) is 3.76. The second kappa shape index (κ2) is 8.35. The summed E-state index contributed by atoms with van der Waals surface area (Å²) in [6.07, 6.45) is 4.31. The van der Waals surface area contributed by atoms with Crippen LogP contribution in [0.4, 0.5) is 0 Å². The lowest BCUT2D eigenvalue weighted by atomic mass is 9.78. The van der Waals surface area contributed by atoms with Crippen molar-refractivity contribution in [2.45, 2.75) is 53.1 Å². The molecule has 0 aromatic carbocycles. The monoisotopic (exact) mass is 286 g/mol. The van der Waals surface area contributed by atoms with Crippen LogP contribution in [0, 0.1) is 23.2 Å². The summed E-state index contributed by atoms with van der Waals surface area (Å²) in [6.45, 7) is 11.2. The Morgan fingerprint density at radius 3 is 1.85 bits per heavy atom. The Kier molecular flexibility index (Phi) is 7.49. The molecule has 20 heavy (non-hydrogen) atoms. The van der Waals surface area contributed by atoms with Gasteiger partial charge >= 0.3 is 0 Å². The van der Waals surface area contributed by atoms with E-state index in [0.717, 1.165) is 6.61 Å². The maximum absolute atomic E-state index is 6.38. The molecular formula is C17H34O3. The molecule has 0 bridgehead atoms. The highest BCUT2D eigenvalue weighted by atomic mass is 16.5. The average Bonchev–Trinajstić information content (AvgIpc) is 2.38. The van der Waals surface area contributed by atoms with Gasteiger partial charge in [0.2, 0.25) is 0 Å². The minimum Gasteiger partial charge on any atom is -0.384 e. The second-order valence-corrected chi connectivity index (χ2v) is 7.04. The van der Waals surface area contributed by atoms with E-state index in [2.05, 4.69) is 27.7 Å². The van der Waals surface area contributed by atoms with E-state index < -0.39 is 0 Å². The Bertz CT molecular complexity index is 249. The molecule has 2 unspecified atom stereocenters. The van der Waals surface area contributed by atoms with Crippen molar-refractivity contribution >= 4 is 0 Å². The maximum Gasteiger partial charge on any atom is 0.0626 e. The Labute approximate surface area is 125 Å². The fourth-order valence-electron chi connectivity index (χ4n) is 3.44. The van der Waals surface area contributed by atoms with Crippen molar-refractivity contribution in [3.63, 3.8) is 0 Å². The average molecular weight is 286 g/mol. The molecule has 0 aromatic heterocycles. The van der Waals surface area contributed by atoms with Gasteiger partial charge in [-0.2, -0.15) is 0 Å². The SMILES string of the molecule is COCC(COC)(COC1C(C)CCCC1C)C(C)C. The maximum atomic E-state index is 6.38. The van der Waals surface area contributed by atoms with Gasteiger partial charge in [-0.25, -0.2) is 0 Å². The molecule has 2 atom stereocenters. The molecule has 0 radical (unpaired) electrons. The zero-order valence-electron chi connectivity index (χ0n) is 14.3. The molecule has 0 aliphatic heterocycles. The molecule has 3 heteroatoms. The minimum absolute atomic E-state index is 0.0413. The topological polar surface area (TPSA) is 27.7 Å². The molecule has 1 rings (SSSR count). The molecule has 0 saturated heterocycles. The van der Waals surface area contributed by atoms with Crippen molar-refractivity contribution in [2.24, 2.45) is 23.2 Å². The Morgan fingerprint density at radius 2 is 1.45 bits per heavy atom. The highest BCUT2D eigenvalue weighted by molar-refractivity contribution is 4.85. The molecule has 0 amide bonds. The smallest absolute Gasteiger partial charge is 0.0626 e. The molecule has 0 aromatic rings. The number of hydrogen-bond donors (Lipinski definition) is 0. The van der Waals surface area contributed by atoms with Crippen LogP contribution in [-0.2, 0) is 14.2 Å². The summed E-state index contributed by atoms with van der Waals surface area (Å²) < 4.78 is 17.3. The summed E-state index contributed by atoms with van der Waals surface area (Å²) in [4.78, 5) is 0. The lowest BCUT2D eigenvalue weighted by Crippen LogP contribution is -2.44. The van der Waals surface area contributed by atoms with Crippen LogP contribution >= 0.6 is 0 Å². The van der Waals surface area contributed by atoms with Crippen LogP contribution in [0.1, 0.15) is 47.0 Å². The molecule has 0 spiro atoms. The zero-order chi connectivity index (χ0) is 15.2. The van der Waals surface area contributed by atoms with Crippen LogP contribution < -0.4 is 0 Å². The van der Waals surface area contributed by atoms with Gasteiger partial charge in [0, 0.05) is 19.6 Å². The van der Waals surface area contributed by atoms with Crippen molar-refractivity contribution in [2.75, 3.05) is 34.0 Å². The Hall–Kier alpha value is -0.120. The summed E-state index contributed by atoms with van der Waals surface area (Å²) in [5.41, 5.74) is -0.0413. The van der Waals surface area contributed by atoms with Gasteiger partial charge in [0.15, 0.2) is 0 Å². The number of ether oxygens (including phenoxy) is 3. The van der Waals surface area contributed by atoms with E-state index in [-0.39, 0.29) is 5.41 Å². The first kappa shape index (κ1) is 17.9. The van der Waals surface area contributed by atoms with Crippen LogP contribution in [0.25, 0.3) is 0 Å². The number of rotatable bonds is 8. The molecule has 1 fully saturated rings. The van der Waals surface area contributed by atoms with Gasteiger partial charge in [0.25, 0.3) is 0 Å². The van der Waals surface area contributed by atoms with Gasteiger partial charge in [0.05, 0.1) is 25.9 Å². The molecule has 120 valence electrons. The fraction of sp³-hybridized carbons (Fsp3) is 1.00. The van der Waals surface area contributed by atoms with Crippen molar-refractivity contribution in [3.05, 3.63) is 0 Å². The zero-order valence-corrected chi connectivity index (χ0v) is 14.3. The summed E-state index contributed by atoms with van der Waals surface area (Å²) >= 11 is 0. The van der Waals surface area contributed by atoms with Crippen LogP contribution in [0.15, 0.2) is 0 Å². The quantitative estimate of drug-likeness (QED) is 0.680. The van der Waals surface area contributed by atoms with Crippen molar-refractivity contribution < 1.29 is 14.2 Å². The van der Waals surface area contributed by atoms with E-state index >= 15 is 0 Å². The highest BCUT2D eigenvalue weighted by Gasteiger charge is 2.37. The van der Waals surface area contributed by atoms with Crippen LogP contribution in [0.3, 0.4) is 0 Å². The van der Waals surface area contributed by atoms with Gasteiger partial charge in [-0.05, 0) is 30.6 Å². The molecule has 1 aliphatic rings. The van der Waals surface area contributed by atoms with Gasteiger partial charge in [-0.15, -0.1) is 0 Å². The minimum atomic E-state index is -0.0413. The van der Waals surface area contributed by atoms with E-state index in [4.69, 9.17) is 14.2 Å². The van der Waals surface area contributed by atoms with E-state index in [1.54, 1.807) is 14.2 Å². The van der Waals surface area contributed by atoms with Gasteiger partial charge in [-0.3, -0.25) is 0 Å². The molecule has 1 saturated carbocycles. The first-order chi connectivity index (χ1) is 9.46. The fourth-order valence-corrected chi connectivity index (χ4v) is 3.44.